The molecule has 9 heteroatoms. The molecule has 1 aromatic rings. The smallest absolute Gasteiger partial charge is 0.368 e. The van der Waals surface area contributed by atoms with E-state index in [-0.39, 0.29) is 31.5 Å². The predicted molar refractivity (Wildman–Crippen MR) is 124 cm³/mol. The summed E-state index contributed by atoms with van der Waals surface area (Å²) in [5.41, 5.74) is 1.73. The van der Waals surface area contributed by atoms with Crippen LogP contribution >= 0.6 is 0 Å². The Kier molecular flexibility index (Phi) is 7.80. The third-order valence-electron chi connectivity index (χ3n) is 6.48. The van der Waals surface area contributed by atoms with Gasteiger partial charge in [0.25, 0.3) is 0 Å². The number of anilines is 1. The Hall–Kier alpha value is -2.86. The van der Waals surface area contributed by atoms with Gasteiger partial charge in [-0.3, -0.25) is 14.7 Å². The number of carbonyl (C=O) groups excluding carboxylic acids is 1. The Bertz CT molecular complexity index is 953. The molecule has 0 spiro atoms. The average Bonchev–Trinajstić information content (AvgIpc) is 3.27. The van der Waals surface area contributed by atoms with Gasteiger partial charge in [-0.2, -0.15) is 18.4 Å². The van der Waals surface area contributed by atoms with Crippen molar-refractivity contribution in [2.75, 3.05) is 31.1 Å². The van der Waals surface area contributed by atoms with Gasteiger partial charge in [-0.15, -0.1) is 0 Å². The highest BCUT2D eigenvalue weighted by Gasteiger charge is 2.45. The zero-order valence-electron chi connectivity index (χ0n) is 19.0. The molecule has 2 aliphatic heterocycles. The van der Waals surface area contributed by atoms with Crippen molar-refractivity contribution in [3.63, 3.8) is 0 Å². The molecular formula is C24H30F3N5O. The molecular weight excluding hydrogens is 431 g/mol. The molecule has 1 aromatic carbocycles. The Balaban J connectivity index is 1.93. The van der Waals surface area contributed by atoms with E-state index in [0.29, 0.717) is 28.9 Å². The first-order valence-corrected chi connectivity index (χ1v) is 11.3. The number of hydrogen-bond acceptors (Lipinski definition) is 5. The van der Waals surface area contributed by atoms with Crippen molar-refractivity contribution in [2.45, 2.75) is 51.4 Å². The summed E-state index contributed by atoms with van der Waals surface area (Å²) in [5.74, 6) is -1.79. The van der Waals surface area contributed by atoms with Crippen LogP contribution in [-0.2, 0) is 4.79 Å². The van der Waals surface area contributed by atoms with Crippen molar-refractivity contribution in [1.29, 1.82) is 5.26 Å². The second kappa shape index (κ2) is 10.4. The fraction of sp³-hybridized carbons (Fsp3) is 0.542. The molecule has 2 unspecified atom stereocenters. The number of carbonyl (C=O) groups is 1. The van der Waals surface area contributed by atoms with E-state index >= 15 is 0 Å². The topological polar surface area (TPSA) is 71.7 Å². The van der Waals surface area contributed by atoms with Crippen LogP contribution in [0.15, 0.2) is 23.2 Å². The van der Waals surface area contributed by atoms with Crippen molar-refractivity contribution < 1.29 is 18.0 Å². The monoisotopic (exact) mass is 461 g/mol. The van der Waals surface area contributed by atoms with Gasteiger partial charge in [0.15, 0.2) is 0 Å². The molecule has 3 rings (SSSR count). The number of nitrogens with one attached hydrogen (secondary N) is 1. The zero-order chi connectivity index (χ0) is 24.2. The Morgan fingerprint density at radius 3 is 2.76 bits per heavy atom. The van der Waals surface area contributed by atoms with Crippen LogP contribution in [0, 0.1) is 17.2 Å². The van der Waals surface area contributed by atoms with E-state index in [2.05, 4.69) is 28.0 Å². The maximum atomic E-state index is 13.8. The minimum absolute atomic E-state index is 0.160. The van der Waals surface area contributed by atoms with Gasteiger partial charge in [-0.25, -0.2) is 0 Å². The number of aliphatic imine (C=N–C) groups is 1. The van der Waals surface area contributed by atoms with Gasteiger partial charge in [0.05, 0.1) is 23.2 Å². The van der Waals surface area contributed by atoms with Gasteiger partial charge in [0, 0.05) is 30.4 Å². The zero-order valence-corrected chi connectivity index (χ0v) is 19.0. The van der Waals surface area contributed by atoms with E-state index in [1.807, 2.05) is 6.92 Å². The summed E-state index contributed by atoms with van der Waals surface area (Å²) in [6.07, 6.45) is 0.544. The normalized spacial score (nSPS) is 24.1. The van der Waals surface area contributed by atoms with Gasteiger partial charge in [0.2, 0.25) is 5.91 Å². The number of halogens is 3. The predicted octanol–water partition coefficient (Wildman–Crippen LogP) is 4.28. The second-order valence-corrected chi connectivity index (χ2v) is 8.54. The number of nitrogens with zero attached hydrogens (tertiary/aromatic N) is 4. The van der Waals surface area contributed by atoms with Gasteiger partial charge < -0.3 is 10.2 Å². The molecule has 0 radical (unpaired) electrons. The SMILES string of the molecule is C=Nc1c(C#N)ccc(N2CC(NC(=O)[C@@H]3CCCN3CC)CC(C(F)(F)F)C2)c1/C=C\C. The quantitative estimate of drug-likeness (QED) is 0.642. The number of allylic oxidation sites excluding steroid dienone is 1. The van der Waals surface area contributed by atoms with Crippen LogP contribution in [0.5, 0.6) is 0 Å². The third kappa shape index (κ3) is 5.38. The van der Waals surface area contributed by atoms with Crippen molar-refractivity contribution in [3.8, 4) is 6.07 Å². The molecule has 33 heavy (non-hydrogen) atoms. The maximum Gasteiger partial charge on any atom is 0.393 e. The van der Waals surface area contributed by atoms with E-state index < -0.39 is 18.1 Å². The van der Waals surface area contributed by atoms with Crippen LogP contribution < -0.4 is 10.2 Å². The van der Waals surface area contributed by atoms with Gasteiger partial charge >= 0.3 is 6.18 Å². The summed E-state index contributed by atoms with van der Waals surface area (Å²) in [4.78, 5) is 20.6. The fourth-order valence-electron chi connectivity index (χ4n) is 4.90. The molecule has 0 bridgehead atoms. The first-order chi connectivity index (χ1) is 15.7. The number of piperidine rings is 1. The lowest BCUT2D eigenvalue weighted by atomic mass is 9.91. The summed E-state index contributed by atoms with van der Waals surface area (Å²) in [6, 6.07) is 4.32. The van der Waals surface area contributed by atoms with Crippen LogP contribution in [0.3, 0.4) is 0 Å². The standard InChI is InChI=1S/C24H30F3N5O/c1-4-7-19-20(10-9-16(13-28)22(19)29-3)32-14-17(24(25,26)27)12-18(15-32)30-23(33)21-8-6-11-31(21)5-2/h4,7,9-10,17-18,21H,3,5-6,8,11-12,14-15H2,1-2H3,(H,30,33)/b7-4-/t17?,18?,21-/m0/s1. The van der Waals surface area contributed by atoms with Crippen molar-refractivity contribution in [3.05, 3.63) is 29.3 Å². The number of alkyl halides is 3. The van der Waals surface area contributed by atoms with Crippen LogP contribution in [0.4, 0.5) is 24.5 Å². The molecule has 178 valence electrons. The Morgan fingerprint density at radius 2 is 2.15 bits per heavy atom. The largest absolute Gasteiger partial charge is 0.393 e. The Labute approximate surface area is 192 Å². The highest BCUT2D eigenvalue weighted by atomic mass is 19.4. The van der Waals surface area contributed by atoms with Gasteiger partial charge in [-0.1, -0.05) is 19.1 Å². The molecule has 2 heterocycles. The molecule has 2 aliphatic rings. The van der Waals surface area contributed by atoms with E-state index in [9.17, 15) is 23.2 Å². The van der Waals surface area contributed by atoms with Crippen molar-refractivity contribution in [1.82, 2.24) is 10.2 Å². The number of nitriles is 1. The molecule has 1 N–H and O–H groups in total. The molecule has 2 saturated heterocycles. The third-order valence-corrected chi connectivity index (χ3v) is 6.48. The maximum absolute atomic E-state index is 13.8. The molecule has 0 saturated carbocycles. The van der Waals surface area contributed by atoms with E-state index in [1.165, 1.54) is 0 Å². The van der Waals surface area contributed by atoms with E-state index in [1.54, 1.807) is 36.1 Å². The van der Waals surface area contributed by atoms with Crippen molar-refractivity contribution >= 4 is 30.1 Å². The Morgan fingerprint density at radius 1 is 1.39 bits per heavy atom. The number of rotatable bonds is 6. The lowest BCUT2D eigenvalue weighted by Crippen LogP contribution is -2.56. The van der Waals surface area contributed by atoms with Gasteiger partial charge in [-0.05, 0) is 58.1 Å². The molecule has 6 nitrogen and oxygen atoms in total. The highest BCUT2D eigenvalue weighted by Crippen LogP contribution is 2.39. The van der Waals surface area contributed by atoms with E-state index in [4.69, 9.17) is 0 Å². The summed E-state index contributed by atoms with van der Waals surface area (Å²) >= 11 is 0. The second-order valence-electron chi connectivity index (χ2n) is 8.54. The van der Waals surface area contributed by atoms with Crippen LogP contribution in [0.2, 0.25) is 0 Å². The number of hydrogen-bond donors (Lipinski definition) is 1. The van der Waals surface area contributed by atoms with Crippen LogP contribution in [-0.4, -0.2) is 62.0 Å². The minimum Gasteiger partial charge on any atom is -0.368 e. The summed E-state index contributed by atoms with van der Waals surface area (Å²) in [7, 11) is 0. The number of likely N-dealkylation sites (N-methyl/N-ethyl adjacent to an activating group) is 1. The van der Waals surface area contributed by atoms with Crippen LogP contribution in [0.1, 0.15) is 44.2 Å². The first kappa shape index (κ1) is 24.8. The molecule has 0 aliphatic carbocycles. The summed E-state index contributed by atoms with van der Waals surface area (Å²) < 4.78 is 41.5. The molecule has 3 atom stereocenters. The first-order valence-electron chi connectivity index (χ1n) is 11.3. The minimum atomic E-state index is -4.39. The highest BCUT2D eigenvalue weighted by molar-refractivity contribution is 5.83. The summed E-state index contributed by atoms with van der Waals surface area (Å²) in [5, 5.41) is 12.3. The molecule has 1 amide bonds. The number of amides is 1. The summed E-state index contributed by atoms with van der Waals surface area (Å²) in [6.45, 7) is 8.87. The lowest BCUT2D eigenvalue weighted by Gasteiger charge is -2.41. The molecule has 0 aromatic heterocycles. The average molecular weight is 462 g/mol. The number of likely N-dealkylation sites (tertiary alicyclic amines) is 1. The molecule has 2 fully saturated rings. The van der Waals surface area contributed by atoms with E-state index in [0.717, 1.165) is 19.5 Å². The van der Waals surface area contributed by atoms with Crippen molar-refractivity contribution in [2.24, 2.45) is 10.9 Å². The van der Waals surface area contributed by atoms with Gasteiger partial charge in [0.1, 0.15) is 6.07 Å². The number of benzene rings is 1. The fourth-order valence-corrected chi connectivity index (χ4v) is 4.90. The lowest BCUT2D eigenvalue weighted by molar-refractivity contribution is -0.178. The van der Waals surface area contributed by atoms with Crippen LogP contribution in [0.25, 0.3) is 6.08 Å².